The van der Waals surface area contributed by atoms with Crippen molar-refractivity contribution in [1.82, 2.24) is 20.2 Å². The Kier molecular flexibility index (Phi) is 7.32. The Morgan fingerprint density at radius 1 is 1.17 bits per heavy atom. The van der Waals surface area contributed by atoms with Gasteiger partial charge in [-0.25, -0.2) is 4.68 Å². The number of tetrazole rings is 1. The molecule has 1 aromatic heterocycles. The van der Waals surface area contributed by atoms with Gasteiger partial charge in [0.15, 0.2) is 11.5 Å². The molecule has 0 unspecified atom stereocenters. The van der Waals surface area contributed by atoms with E-state index in [2.05, 4.69) is 27.4 Å². The van der Waals surface area contributed by atoms with Crippen molar-refractivity contribution in [2.45, 2.75) is 26.6 Å². The van der Waals surface area contributed by atoms with Gasteiger partial charge in [0.25, 0.3) is 0 Å². The van der Waals surface area contributed by atoms with Crippen molar-refractivity contribution in [2.24, 2.45) is 0 Å². The maximum atomic E-state index is 6.49. The van der Waals surface area contributed by atoms with Gasteiger partial charge in [-0.1, -0.05) is 52.6 Å². The minimum Gasteiger partial charge on any atom is -0.490 e. The Morgan fingerprint density at radius 2 is 2.00 bits per heavy atom. The van der Waals surface area contributed by atoms with E-state index >= 15 is 0 Å². The molecule has 2 aromatic carbocycles. The zero-order valence-corrected chi connectivity index (χ0v) is 17.5. The molecule has 1 N–H and O–H groups in total. The van der Waals surface area contributed by atoms with Gasteiger partial charge >= 0.3 is 0 Å². The molecule has 0 saturated carbocycles. The van der Waals surface area contributed by atoms with E-state index in [4.69, 9.17) is 32.7 Å². The molecule has 0 fully saturated rings. The molecule has 3 aromatic rings. The molecule has 0 atom stereocenters. The molecule has 0 saturated heterocycles. The highest BCUT2D eigenvalue weighted by Gasteiger charge is 2.14. The van der Waals surface area contributed by atoms with Crippen molar-refractivity contribution in [3.05, 3.63) is 70.2 Å². The number of anilines is 1. The molecule has 0 aliphatic heterocycles. The van der Waals surface area contributed by atoms with Crippen LogP contribution in [-0.4, -0.2) is 26.8 Å². The lowest BCUT2D eigenvalue weighted by atomic mass is 10.2. The molecule has 0 amide bonds. The van der Waals surface area contributed by atoms with E-state index in [0.29, 0.717) is 47.2 Å². The van der Waals surface area contributed by atoms with Gasteiger partial charge in [0.1, 0.15) is 6.61 Å². The molecule has 3 rings (SSSR count). The molecule has 29 heavy (non-hydrogen) atoms. The van der Waals surface area contributed by atoms with Crippen molar-refractivity contribution in [3.8, 4) is 11.5 Å². The number of ether oxygens (including phenoxy) is 2. The number of halogens is 2. The Hall–Kier alpha value is -2.77. The Morgan fingerprint density at radius 3 is 2.76 bits per heavy atom. The average molecular weight is 434 g/mol. The quantitative estimate of drug-likeness (QED) is 0.464. The second-order valence-corrected chi connectivity index (χ2v) is 6.86. The van der Waals surface area contributed by atoms with E-state index in [1.54, 1.807) is 10.8 Å². The highest BCUT2D eigenvalue weighted by molar-refractivity contribution is 6.32. The molecular formula is C20H21Cl2N5O2. The van der Waals surface area contributed by atoms with E-state index in [9.17, 15) is 0 Å². The summed E-state index contributed by atoms with van der Waals surface area (Å²) in [5.41, 5.74) is 1.77. The Balaban J connectivity index is 1.76. The number of hydrogen-bond donors (Lipinski definition) is 1. The van der Waals surface area contributed by atoms with Crippen LogP contribution in [-0.2, 0) is 19.7 Å². The van der Waals surface area contributed by atoms with Crippen LogP contribution in [0.4, 0.5) is 5.95 Å². The fraction of sp³-hybridized carbons (Fsp3) is 0.250. The maximum Gasteiger partial charge on any atom is 0.243 e. The summed E-state index contributed by atoms with van der Waals surface area (Å²) in [6.07, 6.45) is 1.72. The number of allylic oxidation sites excluding steroid dienone is 1. The largest absolute Gasteiger partial charge is 0.490 e. The zero-order valence-electron chi connectivity index (χ0n) is 15.9. The molecule has 1 heterocycles. The molecule has 152 valence electrons. The minimum atomic E-state index is 0.285. The van der Waals surface area contributed by atoms with Gasteiger partial charge in [0, 0.05) is 17.1 Å². The second kappa shape index (κ2) is 10.1. The number of rotatable bonds is 10. The van der Waals surface area contributed by atoms with Gasteiger partial charge in [0.2, 0.25) is 5.95 Å². The van der Waals surface area contributed by atoms with E-state index in [1.807, 2.05) is 43.3 Å². The van der Waals surface area contributed by atoms with Crippen molar-refractivity contribution in [3.63, 3.8) is 0 Å². The molecule has 0 bridgehead atoms. The summed E-state index contributed by atoms with van der Waals surface area (Å²) < 4.78 is 13.3. The van der Waals surface area contributed by atoms with Gasteiger partial charge in [-0.2, -0.15) is 0 Å². The lowest BCUT2D eigenvalue weighted by Gasteiger charge is -2.16. The first-order chi connectivity index (χ1) is 14.1. The number of nitrogens with one attached hydrogen (secondary N) is 1. The van der Waals surface area contributed by atoms with Crippen molar-refractivity contribution in [2.75, 3.05) is 11.9 Å². The Bertz CT molecular complexity index is 977. The lowest BCUT2D eigenvalue weighted by molar-refractivity contribution is 0.269. The highest BCUT2D eigenvalue weighted by Crippen LogP contribution is 2.37. The average Bonchev–Trinajstić information content (AvgIpc) is 3.15. The fourth-order valence-corrected chi connectivity index (χ4v) is 3.13. The summed E-state index contributed by atoms with van der Waals surface area (Å²) in [5.74, 6) is 1.58. The number of hydrogen-bond acceptors (Lipinski definition) is 6. The smallest absolute Gasteiger partial charge is 0.243 e. The summed E-state index contributed by atoms with van der Waals surface area (Å²) in [4.78, 5) is 0. The van der Waals surface area contributed by atoms with E-state index < -0.39 is 0 Å². The number of aromatic nitrogens is 4. The predicted octanol–water partition coefficient (Wildman–Crippen LogP) is 4.76. The zero-order chi connectivity index (χ0) is 20.6. The standard InChI is InChI=1S/C20H21Cl2N5O2/c1-3-9-27-20(24-25-26-27)23-12-14-10-17(22)19(18(11-14)28-4-2)29-13-15-7-5-6-8-16(15)21/h3,5-8,10-11H,1,4,9,12-13H2,2H3,(H,23,24,26). The van der Waals surface area contributed by atoms with Crippen molar-refractivity contribution >= 4 is 29.2 Å². The predicted molar refractivity (Wildman–Crippen MR) is 114 cm³/mol. The third-order valence-electron chi connectivity index (χ3n) is 3.98. The summed E-state index contributed by atoms with van der Waals surface area (Å²) in [6, 6.07) is 11.2. The molecular weight excluding hydrogens is 413 g/mol. The van der Waals surface area contributed by atoms with Crippen LogP contribution in [0.5, 0.6) is 11.5 Å². The van der Waals surface area contributed by atoms with Gasteiger partial charge in [-0.3, -0.25) is 0 Å². The van der Waals surface area contributed by atoms with Crippen LogP contribution < -0.4 is 14.8 Å². The maximum absolute atomic E-state index is 6.49. The van der Waals surface area contributed by atoms with Crippen LogP contribution in [0.3, 0.4) is 0 Å². The third kappa shape index (κ3) is 5.40. The van der Waals surface area contributed by atoms with Gasteiger partial charge in [-0.15, -0.1) is 6.58 Å². The SMILES string of the molecule is C=CCn1nnnc1NCc1cc(Cl)c(OCc2ccccc2Cl)c(OCC)c1. The van der Waals surface area contributed by atoms with E-state index in [0.717, 1.165) is 11.1 Å². The summed E-state index contributed by atoms with van der Waals surface area (Å²) in [7, 11) is 0. The summed E-state index contributed by atoms with van der Waals surface area (Å²) in [6.45, 7) is 7.33. The van der Waals surface area contributed by atoms with Gasteiger partial charge in [0.05, 0.1) is 18.2 Å². The molecule has 9 heteroatoms. The topological polar surface area (TPSA) is 74.1 Å². The first-order valence-corrected chi connectivity index (χ1v) is 9.80. The van der Waals surface area contributed by atoms with Crippen LogP contribution in [0, 0.1) is 0 Å². The van der Waals surface area contributed by atoms with E-state index in [-0.39, 0.29) is 6.61 Å². The molecule has 7 nitrogen and oxygen atoms in total. The highest BCUT2D eigenvalue weighted by atomic mass is 35.5. The van der Waals surface area contributed by atoms with Crippen molar-refractivity contribution < 1.29 is 9.47 Å². The second-order valence-electron chi connectivity index (χ2n) is 6.04. The van der Waals surface area contributed by atoms with Gasteiger partial charge < -0.3 is 14.8 Å². The minimum absolute atomic E-state index is 0.285. The van der Waals surface area contributed by atoms with Crippen LogP contribution >= 0.6 is 23.2 Å². The summed E-state index contributed by atoms with van der Waals surface area (Å²) >= 11 is 12.7. The van der Waals surface area contributed by atoms with Crippen LogP contribution in [0.2, 0.25) is 10.0 Å². The fourth-order valence-electron chi connectivity index (χ4n) is 2.65. The van der Waals surface area contributed by atoms with Crippen molar-refractivity contribution in [1.29, 1.82) is 0 Å². The first kappa shape index (κ1) is 21.0. The molecule has 0 aliphatic rings. The lowest BCUT2D eigenvalue weighted by Crippen LogP contribution is -2.09. The van der Waals surface area contributed by atoms with E-state index in [1.165, 1.54) is 0 Å². The van der Waals surface area contributed by atoms with Crippen LogP contribution in [0.15, 0.2) is 49.1 Å². The van der Waals surface area contributed by atoms with Crippen LogP contribution in [0.25, 0.3) is 0 Å². The number of benzene rings is 2. The Labute approximate surface area is 179 Å². The first-order valence-electron chi connectivity index (χ1n) is 9.04. The molecule has 0 aliphatic carbocycles. The third-order valence-corrected chi connectivity index (χ3v) is 4.63. The number of nitrogens with zero attached hydrogens (tertiary/aromatic N) is 4. The normalized spacial score (nSPS) is 10.6. The van der Waals surface area contributed by atoms with Gasteiger partial charge in [-0.05, 0) is 41.1 Å². The van der Waals surface area contributed by atoms with Crippen LogP contribution in [0.1, 0.15) is 18.1 Å². The molecule has 0 radical (unpaired) electrons. The summed E-state index contributed by atoms with van der Waals surface area (Å²) in [5, 5.41) is 15.8. The monoisotopic (exact) mass is 433 g/mol. The molecule has 0 spiro atoms.